The van der Waals surface area contributed by atoms with Gasteiger partial charge in [0.25, 0.3) is 0 Å². The van der Waals surface area contributed by atoms with Crippen molar-refractivity contribution in [3.05, 3.63) is 46.8 Å². The maximum absolute atomic E-state index is 12.6. The van der Waals surface area contributed by atoms with E-state index >= 15 is 0 Å². The summed E-state index contributed by atoms with van der Waals surface area (Å²) in [7, 11) is 0. The third-order valence-corrected chi connectivity index (χ3v) is 3.76. The smallest absolute Gasteiger partial charge is 0.249 e. The van der Waals surface area contributed by atoms with Gasteiger partial charge in [-0.1, -0.05) is 12.1 Å². The molecule has 0 fully saturated rings. The van der Waals surface area contributed by atoms with E-state index in [0.29, 0.717) is 17.9 Å². The molecule has 0 aliphatic heterocycles. The van der Waals surface area contributed by atoms with Crippen molar-refractivity contribution < 1.29 is 9.59 Å². The summed E-state index contributed by atoms with van der Waals surface area (Å²) in [6, 6.07) is 9.03. The molecule has 1 unspecified atom stereocenters. The Morgan fingerprint density at radius 1 is 1.29 bits per heavy atom. The quantitative estimate of drug-likeness (QED) is 0.676. The minimum absolute atomic E-state index is 0.276. The molecule has 0 aliphatic rings. The Morgan fingerprint density at radius 2 is 2.00 bits per heavy atom. The predicted octanol–water partition coefficient (Wildman–Crippen LogP) is 2.79. The molecule has 1 aromatic carbocycles. The Bertz CT molecular complexity index is 830. The number of ketones is 1. The van der Waals surface area contributed by atoms with Crippen LogP contribution in [-0.2, 0) is 11.3 Å². The number of aryl methyl sites for hydroxylation is 4. The van der Waals surface area contributed by atoms with Gasteiger partial charge in [0, 0.05) is 12.2 Å². The second kappa shape index (κ2) is 7.09. The van der Waals surface area contributed by atoms with Crippen LogP contribution in [0.1, 0.15) is 34.2 Å². The topological polar surface area (TPSA) is 87.8 Å². The van der Waals surface area contributed by atoms with Crippen LogP contribution in [0.4, 0.5) is 5.69 Å². The van der Waals surface area contributed by atoms with E-state index in [1.165, 1.54) is 4.68 Å². The Morgan fingerprint density at radius 3 is 2.62 bits per heavy atom. The lowest BCUT2D eigenvalue weighted by Crippen LogP contribution is -2.30. The number of aromatic nitrogens is 2. The summed E-state index contributed by atoms with van der Waals surface area (Å²) in [5.74, 6) is -2.58. The molecule has 1 N–H and O–H groups in total. The molecule has 0 radical (unpaired) electrons. The molecule has 0 bridgehead atoms. The number of nitrogens with zero attached hydrogens (tertiary/aromatic N) is 3. The highest BCUT2D eigenvalue weighted by Gasteiger charge is 2.30. The molecule has 1 atom stereocenters. The molecule has 1 heterocycles. The second-order valence-electron chi connectivity index (χ2n) is 5.72. The average Bonchev–Trinajstić information content (AvgIpc) is 2.92. The Labute approximate surface area is 141 Å². The summed E-state index contributed by atoms with van der Waals surface area (Å²) < 4.78 is 1.51. The molecule has 6 heteroatoms. The first-order chi connectivity index (χ1) is 11.4. The van der Waals surface area contributed by atoms with Crippen LogP contribution in [0.3, 0.4) is 0 Å². The molecule has 1 aromatic heterocycles. The fraction of sp³-hybridized carbons (Fsp3) is 0.333. The normalized spacial score (nSPS) is 11.6. The predicted molar refractivity (Wildman–Crippen MR) is 90.6 cm³/mol. The zero-order valence-electron chi connectivity index (χ0n) is 14.3. The van der Waals surface area contributed by atoms with Gasteiger partial charge in [-0.2, -0.15) is 10.4 Å². The van der Waals surface area contributed by atoms with Crippen molar-refractivity contribution >= 4 is 17.4 Å². The van der Waals surface area contributed by atoms with Gasteiger partial charge in [0.05, 0.1) is 11.8 Å². The van der Waals surface area contributed by atoms with Crippen LogP contribution in [0.25, 0.3) is 0 Å². The maximum atomic E-state index is 12.6. The number of carbonyl (C=O) groups excluding carboxylic acids is 2. The molecule has 0 aliphatic carbocycles. The fourth-order valence-corrected chi connectivity index (χ4v) is 2.44. The minimum atomic E-state index is -1.41. The first-order valence-corrected chi connectivity index (χ1v) is 7.73. The zero-order chi connectivity index (χ0) is 17.9. The van der Waals surface area contributed by atoms with E-state index in [0.717, 1.165) is 11.1 Å². The highest BCUT2D eigenvalue weighted by molar-refractivity contribution is 6.15. The number of anilines is 1. The Balaban J connectivity index is 2.27. The summed E-state index contributed by atoms with van der Waals surface area (Å²) in [5, 5.41) is 16.2. The standard InChI is InChI=1S/C18H20N4O2/c1-5-22-16(9-13(4)21-22)17(23)14(10-19)18(24)20-15-8-11(2)6-7-12(15)3/h6-9,14H,5H2,1-4H3,(H,20,24). The van der Waals surface area contributed by atoms with Crippen molar-refractivity contribution in [3.63, 3.8) is 0 Å². The minimum Gasteiger partial charge on any atom is -0.324 e. The first kappa shape index (κ1) is 17.4. The van der Waals surface area contributed by atoms with Crippen LogP contribution in [0.2, 0.25) is 0 Å². The van der Waals surface area contributed by atoms with Crippen molar-refractivity contribution in [3.8, 4) is 6.07 Å². The van der Waals surface area contributed by atoms with Crippen molar-refractivity contribution in [1.29, 1.82) is 5.26 Å². The molecular weight excluding hydrogens is 304 g/mol. The number of benzene rings is 1. The molecule has 2 rings (SSSR count). The lowest BCUT2D eigenvalue weighted by Gasteiger charge is -2.12. The third kappa shape index (κ3) is 3.51. The fourth-order valence-electron chi connectivity index (χ4n) is 2.44. The van der Waals surface area contributed by atoms with Gasteiger partial charge in [-0.3, -0.25) is 14.3 Å². The van der Waals surface area contributed by atoms with E-state index in [1.807, 2.05) is 45.0 Å². The Kier molecular flexibility index (Phi) is 5.14. The van der Waals surface area contributed by atoms with E-state index in [9.17, 15) is 14.9 Å². The van der Waals surface area contributed by atoms with Gasteiger partial charge in [0.15, 0.2) is 5.92 Å². The molecule has 124 valence electrons. The summed E-state index contributed by atoms with van der Waals surface area (Å²) in [5.41, 5.74) is 3.40. The molecule has 6 nitrogen and oxygen atoms in total. The van der Waals surface area contributed by atoms with Gasteiger partial charge in [-0.05, 0) is 51.0 Å². The molecule has 2 aromatic rings. The van der Waals surface area contributed by atoms with E-state index in [-0.39, 0.29) is 5.69 Å². The van der Waals surface area contributed by atoms with Crippen LogP contribution < -0.4 is 5.32 Å². The summed E-state index contributed by atoms with van der Waals surface area (Å²) >= 11 is 0. The average molecular weight is 324 g/mol. The van der Waals surface area contributed by atoms with Gasteiger partial charge in [0.2, 0.25) is 11.7 Å². The van der Waals surface area contributed by atoms with E-state index < -0.39 is 17.6 Å². The van der Waals surface area contributed by atoms with Gasteiger partial charge >= 0.3 is 0 Å². The number of rotatable bonds is 5. The van der Waals surface area contributed by atoms with Crippen LogP contribution in [-0.4, -0.2) is 21.5 Å². The molecule has 24 heavy (non-hydrogen) atoms. The first-order valence-electron chi connectivity index (χ1n) is 7.73. The van der Waals surface area contributed by atoms with Crippen molar-refractivity contribution in [2.75, 3.05) is 5.32 Å². The molecule has 0 spiro atoms. The van der Waals surface area contributed by atoms with E-state index in [2.05, 4.69) is 10.4 Å². The number of amides is 1. The number of nitrogens with one attached hydrogen (secondary N) is 1. The molecule has 1 amide bonds. The number of nitriles is 1. The highest BCUT2D eigenvalue weighted by Crippen LogP contribution is 2.19. The van der Waals surface area contributed by atoms with Crippen LogP contribution in [0.5, 0.6) is 0 Å². The van der Waals surface area contributed by atoms with Crippen LogP contribution in [0.15, 0.2) is 24.3 Å². The third-order valence-electron chi connectivity index (χ3n) is 3.76. The Hall–Kier alpha value is -2.94. The number of Topliss-reactive ketones (excluding diaryl/α,β-unsaturated/α-hetero) is 1. The van der Waals surface area contributed by atoms with Gasteiger partial charge < -0.3 is 5.32 Å². The monoisotopic (exact) mass is 324 g/mol. The number of carbonyl (C=O) groups is 2. The van der Waals surface area contributed by atoms with Gasteiger partial charge in [-0.15, -0.1) is 0 Å². The van der Waals surface area contributed by atoms with Crippen LogP contribution >= 0.6 is 0 Å². The molecule has 0 saturated heterocycles. The van der Waals surface area contributed by atoms with Gasteiger partial charge in [0.1, 0.15) is 5.69 Å². The second-order valence-corrected chi connectivity index (χ2v) is 5.72. The van der Waals surface area contributed by atoms with E-state index in [1.54, 1.807) is 13.0 Å². The molecular formula is C18H20N4O2. The largest absolute Gasteiger partial charge is 0.324 e. The van der Waals surface area contributed by atoms with Gasteiger partial charge in [-0.25, -0.2) is 0 Å². The van der Waals surface area contributed by atoms with Crippen LogP contribution in [0, 0.1) is 38.0 Å². The zero-order valence-corrected chi connectivity index (χ0v) is 14.3. The summed E-state index contributed by atoms with van der Waals surface area (Å²) in [4.78, 5) is 25.1. The van der Waals surface area contributed by atoms with Crippen molar-refractivity contribution in [1.82, 2.24) is 9.78 Å². The number of hydrogen-bond donors (Lipinski definition) is 1. The summed E-state index contributed by atoms with van der Waals surface area (Å²) in [6.07, 6.45) is 0. The van der Waals surface area contributed by atoms with E-state index in [4.69, 9.17) is 0 Å². The summed E-state index contributed by atoms with van der Waals surface area (Å²) in [6.45, 7) is 7.87. The lowest BCUT2D eigenvalue weighted by atomic mass is 10.0. The van der Waals surface area contributed by atoms with Crippen molar-refractivity contribution in [2.24, 2.45) is 5.92 Å². The number of hydrogen-bond acceptors (Lipinski definition) is 4. The lowest BCUT2D eigenvalue weighted by molar-refractivity contribution is -0.117. The maximum Gasteiger partial charge on any atom is 0.249 e. The molecule has 0 saturated carbocycles. The van der Waals surface area contributed by atoms with Crippen molar-refractivity contribution in [2.45, 2.75) is 34.2 Å². The SMILES string of the molecule is CCn1nc(C)cc1C(=O)C(C#N)C(=O)Nc1cc(C)ccc1C. The highest BCUT2D eigenvalue weighted by atomic mass is 16.2.